The third-order valence-corrected chi connectivity index (χ3v) is 5.93. The Balaban J connectivity index is 1.76. The summed E-state index contributed by atoms with van der Waals surface area (Å²) in [5, 5.41) is 0. The first-order chi connectivity index (χ1) is 9.47. The minimum absolute atomic E-state index is 0.0752. The monoisotopic (exact) mass is 410 g/mol. The Kier molecular flexibility index (Phi) is 4.06. The highest BCUT2D eigenvalue weighted by Gasteiger charge is 2.48. The molecule has 2 aliphatic heterocycles. The normalized spacial score (nSPS) is 33.3. The lowest BCUT2D eigenvalue weighted by Crippen LogP contribution is -2.33. The summed E-state index contributed by atoms with van der Waals surface area (Å²) in [6, 6.07) is 6.59. The highest BCUT2D eigenvalue weighted by Crippen LogP contribution is 2.34. The van der Waals surface area contributed by atoms with Crippen molar-refractivity contribution >= 4 is 32.7 Å². The molecule has 0 aromatic heterocycles. The molecule has 20 heavy (non-hydrogen) atoms. The van der Waals surface area contributed by atoms with E-state index in [4.69, 9.17) is 13.7 Å². The van der Waals surface area contributed by atoms with Crippen molar-refractivity contribution in [1.29, 1.82) is 0 Å². The summed E-state index contributed by atoms with van der Waals surface area (Å²) in [5.74, 6) is 0. The molecule has 1 aromatic carbocycles. The second kappa shape index (κ2) is 5.53. The smallest absolute Gasteiger partial charge is 0.297 e. The van der Waals surface area contributed by atoms with E-state index in [-0.39, 0.29) is 27.6 Å². The second-order valence-electron chi connectivity index (χ2n) is 5.01. The van der Waals surface area contributed by atoms with Crippen molar-refractivity contribution in [3.8, 4) is 0 Å². The van der Waals surface area contributed by atoms with Crippen molar-refractivity contribution in [2.45, 2.75) is 34.1 Å². The van der Waals surface area contributed by atoms with Gasteiger partial charge >= 0.3 is 0 Å². The first-order valence-corrected chi connectivity index (χ1v) is 9.00. The van der Waals surface area contributed by atoms with Crippen molar-refractivity contribution in [3.05, 3.63) is 29.8 Å². The van der Waals surface area contributed by atoms with Crippen LogP contribution >= 0.6 is 22.6 Å². The number of ether oxygens (including phenoxy) is 2. The zero-order valence-corrected chi connectivity index (χ0v) is 13.8. The maximum absolute atomic E-state index is 12.2. The van der Waals surface area contributed by atoms with E-state index in [9.17, 15) is 8.42 Å². The van der Waals surface area contributed by atoms with Gasteiger partial charge in [0.25, 0.3) is 10.1 Å². The van der Waals surface area contributed by atoms with Gasteiger partial charge in [0.15, 0.2) is 0 Å². The lowest BCUT2D eigenvalue weighted by Gasteiger charge is -2.16. The number of fused-ring (bicyclic) bond motifs is 1. The molecule has 5 nitrogen and oxygen atoms in total. The molecule has 3 rings (SSSR count). The predicted molar refractivity (Wildman–Crippen MR) is 80.5 cm³/mol. The quantitative estimate of drug-likeness (QED) is 0.431. The molecule has 2 aliphatic rings. The van der Waals surface area contributed by atoms with Crippen molar-refractivity contribution < 1.29 is 22.1 Å². The van der Waals surface area contributed by atoms with Gasteiger partial charge in [-0.25, -0.2) is 0 Å². The van der Waals surface area contributed by atoms with Crippen LogP contribution in [0.25, 0.3) is 0 Å². The minimum atomic E-state index is -3.78. The summed E-state index contributed by atoms with van der Waals surface area (Å²) in [6.07, 6.45) is -0.933. The van der Waals surface area contributed by atoms with E-state index < -0.39 is 16.2 Å². The van der Waals surface area contributed by atoms with Gasteiger partial charge in [-0.2, -0.15) is 8.42 Å². The van der Waals surface area contributed by atoms with Crippen LogP contribution in [-0.4, -0.2) is 43.9 Å². The molecule has 110 valence electrons. The predicted octanol–water partition coefficient (Wildman–Crippen LogP) is 1.67. The summed E-state index contributed by atoms with van der Waals surface area (Å²) in [4.78, 5) is 0.163. The van der Waals surface area contributed by atoms with E-state index in [2.05, 4.69) is 22.6 Å². The molecule has 0 amide bonds. The van der Waals surface area contributed by atoms with Gasteiger partial charge in [-0.15, -0.1) is 0 Å². The van der Waals surface area contributed by atoms with Gasteiger partial charge in [-0.1, -0.05) is 40.3 Å². The average Bonchev–Trinajstić information content (AvgIpc) is 2.95. The number of benzene rings is 1. The molecule has 2 fully saturated rings. The van der Waals surface area contributed by atoms with Crippen molar-refractivity contribution in [3.63, 3.8) is 0 Å². The largest absolute Gasteiger partial charge is 0.371 e. The first-order valence-electron chi connectivity index (χ1n) is 6.34. The average molecular weight is 410 g/mol. The number of hydrogen-bond donors (Lipinski definition) is 0. The second-order valence-corrected chi connectivity index (χ2v) is 8.19. The van der Waals surface area contributed by atoms with Gasteiger partial charge in [0.2, 0.25) is 0 Å². The Bertz CT molecular complexity index is 585. The van der Waals surface area contributed by atoms with Crippen LogP contribution in [0.4, 0.5) is 0 Å². The highest BCUT2D eigenvalue weighted by molar-refractivity contribution is 14.1. The maximum atomic E-state index is 12.2. The van der Waals surface area contributed by atoms with Crippen LogP contribution < -0.4 is 0 Å². The number of hydrogen-bond acceptors (Lipinski definition) is 5. The molecular formula is C13H15IO5S. The van der Waals surface area contributed by atoms with Crippen LogP contribution in [0.15, 0.2) is 29.2 Å². The summed E-state index contributed by atoms with van der Waals surface area (Å²) in [6.45, 7) is 2.72. The first kappa shape index (κ1) is 14.7. The SMILES string of the molecule is Cc1ccc(S(=O)(=O)O[C@@H]2CO[C@@H]3C(I)CO[C@@H]32)cc1. The Morgan fingerprint density at radius 1 is 1.15 bits per heavy atom. The Morgan fingerprint density at radius 3 is 2.50 bits per heavy atom. The van der Waals surface area contributed by atoms with E-state index in [1.165, 1.54) is 0 Å². The summed E-state index contributed by atoms with van der Waals surface area (Å²) in [5.41, 5.74) is 1.00. The van der Waals surface area contributed by atoms with E-state index in [0.29, 0.717) is 6.61 Å². The molecule has 0 N–H and O–H groups in total. The molecule has 0 saturated carbocycles. The molecule has 1 unspecified atom stereocenters. The van der Waals surface area contributed by atoms with E-state index >= 15 is 0 Å². The van der Waals surface area contributed by atoms with Gasteiger partial charge in [-0.05, 0) is 19.1 Å². The third-order valence-electron chi connectivity index (χ3n) is 3.51. The lowest BCUT2D eigenvalue weighted by molar-refractivity contribution is 0.0337. The van der Waals surface area contributed by atoms with E-state index in [0.717, 1.165) is 5.56 Å². The highest BCUT2D eigenvalue weighted by atomic mass is 127. The molecule has 1 aromatic rings. The topological polar surface area (TPSA) is 61.8 Å². The molecule has 7 heteroatoms. The number of alkyl halides is 1. The number of rotatable bonds is 3. The molecule has 0 bridgehead atoms. The molecule has 0 spiro atoms. The van der Waals surface area contributed by atoms with E-state index in [1.807, 2.05) is 6.92 Å². The Labute approximate surface area is 131 Å². The van der Waals surface area contributed by atoms with Crippen LogP contribution in [0.2, 0.25) is 0 Å². The zero-order valence-electron chi connectivity index (χ0n) is 10.9. The molecular weight excluding hydrogens is 395 g/mol. The number of aryl methyl sites for hydroxylation is 1. The fourth-order valence-corrected chi connectivity index (χ4v) is 4.32. The molecule has 2 saturated heterocycles. The van der Waals surface area contributed by atoms with Crippen molar-refractivity contribution in [1.82, 2.24) is 0 Å². The standard InChI is InChI=1S/C13H15IO5S/c1-8-2-4-9(5-3-8)20(15,16)19-11-7-18-12-10(14)6-17-13(11)12/h2-5,10-13H,6-7H2,1H3/t10?,11-,12-,13-/m1/s1. The van der Waals surface area contributed by atoms with E-state index in [1.54, 1.807) is 24.3 Å². The minimum Gasteiger partial charge on any atom is -0.371 e. The fraction of sp³-hybridized carbons (Fsp3) is 0.538. The van der Waals surface area contributed by atoms with Crippen LogP contribution in [0.3, 0.4) is 0 Å². The number of halogens is 1. The van der Waals surface area contributed by atoms with Crippen LogP contribution in [-0.2, 0) is 23.8 Å². The van der Waals surface area contributed by atoms with Gasteiger partial charge in [0, 0.05) is 0 Å². The summed E-state index contributed by atoms with van der Waals surface area (Å²) < 4.78 is 41.2. The lowest BCUT2D eigenvalue weighted by atomic mass is 10.1. The molecule has 2 heterocycles. The Hall–Kier alpha value is -0.220. The molecule has 0 radical (unpaired) electrons. The van der Waals surface area contributed by atoms with Crippen LogP contribution in [0.1, 0.15) is 5.56 Å². The summed E-state index contributed by atoms with van der Waals surface area (Å²) >= 11 is 2.26. The molecule has 4 atom stereocenters. The third kappa shape index (κ3) is 2.74. The summed E-state index contributed by atoms with van der Waals surface area (Å²) in [7, 11) is -3.78. The fourth-order valence-electron chi connectivity index (χ4n) is 2.42. The van der Waals surface area contributed by atoms with Gasteiger partial charge in [-0.3, -0.25) is 4.18 Å². The van der Waals surface area contributed by atoms with Crippen molar-refractivity contribution in [2.24, 2.45) is 0 Å². The van der Waals surface area contributed by atoms with Gasteiger partial charge in [0.1, 0.15) is 18.3 Å². The molecule has 0 aliphatic carbocycles. The zero-order chi connectivity index (χ0) is 14.3. The van der Waals surface area contributed by atoms with Crippen molar-refractivity contribution in [2.75, 3.05) is 13.2 Å². The van der Waals surface area contributed by atoms with Crippen LogP contribution in [0.5, 0.6) is 0 Å². The maximum Gasteiger partial charge on any atom is 0.297 e. The van der Waals surface area contributed by atoms with Gasteiger partial charge < -0.3 is 9.47 Å². The van der Waals surface area contributed by atoms with Crippen LogP contribution in [0, 0.1) is 6.92 Å². The Morgan fingerprint density at radius 2 is 1.80 bits per heavy atom. The van der Waals surface area contributed by atoms with Gasteiger partial charge in [0.05, 0.1) is 22.0 Å².